The minimum atomic E-state index is -0.238. The molecule has 0 saturated heterocycles. The summed E-state index contributed by atoms with van der Waals surface area (Å²) in [5.41, 5.74) is 6.14. The molecule has 0 radical (unpaired) electrons. The molecule has 0 saturated carbocycles. The molecule has 0 spiro atoms. The van der Waals surface area contributed by atoms with Gasteiger partial charge < -0.3 is 15.7 Å². The molecule has 3 N–H and O–H groups in total. The highest BCUT2D eigenvalue weighted by Gasteiger charge is 2.27. The molecule has 8 nitrogen and oxygen atoms in total. The number of nitrogens with zero attached hydrogens (tertiary/aromatic N) is 3. The second-order valence-corrected chi connectivity index (χ2v) is 14.0. The Morgan fingerprint density at radius 2 is 1.82 bits per heavy atom. The molecule has 1 aliphatic carbocycles. The first kappa shape index (κ1) is 31.1. The van der Waals surface area contributed by atoms with Crippen LogP contribution in [-0.2, 0) is 24.2 Å². The van der Waals surface area contributed by atoms with Gasteiger partial charge in [0.2, 0.25) is 5.91 Å². The average molecular weight is 703 g/mol. The number of thiophene rings is 1. The predicted molar refractivity (Wildman–Crippen MR) is 184 cm³/mol. The van der Waals surface area contributed by atoms with E-state index in [2.05, 4.69) is 42.8 Å². The monoisotopic (exact) mass is 701 g/mol. The number of aromatic hydroxyl groups is 1. The number of aromatic nitrogens is 3. The molecule has 0 atom stereocenters. The highest BCUT2D eigenvalue weighted by Crippen LogP contribution is 2.39. The van der Waals surface area contributed by atoms with Gasteiger partial charge in [-0.15, -0.1) is 21.5 Å². The van der Waals surface area contributed by atoms with Crippen molar-refractivity contribution >= 4 is 55.8 Å². The van der Waals surface area contributed by atoms with Gasteiger partial charge in [-0.1, -0.05) is 75.7 Å². The van der Waals surface area contributed by atoms with Crippen LogP contribution in [0.1, 0.15) is 50.3 Å². The maximum absolute atomic E-state index is 13.5. The Hall–Kier alpha value is -3.93. The van der Waals surface area contributed by atoms with Crippen molar-refractivity contribution in [1.82, 2.24) is 20.1 Å². The van der Waals surface area contributed by atoms with Crippen molar-refractivity contribution in [2.45, 2.75) is 51.2 Å². The van der Waals surface area contributed by atoms with Gasteiger partial charge in [-0.3, -0.25) is 14.2 Å². The van der Waals surface area contributed by atoms with Crippen molar-refractivity contribution in [1.29, 1.82) is 0 Å². The third-order valence-corrected chi connectivity index (χ3v) is 10.3. The van der Waals surface area contributed by atoms with E-state index < -0.39 is 0 Å². The zero-order valence-corrected chi connectivity index (χ0v) is 28.1. The van der Waals surface area contributed by atoms with Crippen LogP contribution >= 0.6 is 39.0 Å². The Kier molecular flexibility index (Phi) is 9.39. The first-order valence-electron chi connectivity index (χ1n) is 14.7. The number of thioether (sulfide) groups is 1. The summed E-state index contributed by atoms with van der Waals surface area (Å²) in [6, 6.07) is 21.0. The van der Waals surface area contributed by atoms with Crippen LogP contribution in [-0.4, -0.2) is 37.4 Å². The minimum absolute atomic E-state index is 0.0567. The molecule has 5 aromatic rings. The lowest BCUT2D eigenvalue weighted by Crippen LogP contribution is -2.25. The number of rotatable bonds is 9. The van der Waals surface area contributed by atoms with Gasteiger partial charge in [-0.2, -0.15) is 0 Å². The number of carbonyl (C=O) groups is 2. The highest BCUT2D eigenvalue weighted by atomic mass is 79.9. The molecule has 2 amide bonds. The van der Waals surface area contributed by atoms with E-state index in [1.54, 1.807) is 18.2 Å². The Morgan fingerprint density at radius 3 is 2.62 bits per heavy atom. The van der Waals surface area contributed by atoms with E-state index in [0.717, 1.165) is 58.1 Å². The smallest absolute Gasteiger partial charge is 0.254 e. The van der Waals surface area contributed by atoms with Gasteiger partial charge in [0.25, 0.3) is 5.91 Å². The number of hydrogen-bond donors (Lipinski definition) is 3. The molecule has 6 rings (SSSR count). The van der Waals surface area contributed by atoms with Crippen molar-refractivity contribution in [3.8, 4) is 22.8 Å². The predicted octanol–water partition coefficient (Wildman–Crippen LogP) is 7.62. The summed E-state index contributed by atoms with van der Waals surface area (Å²) in [6.45, 7) is 4.46. The lowest BCUT2D eigenvalue weighted by molar-refractivity contribution is -0.113. The van der Waals surface area contributed by atoms with Gasteiger partial charge >= 0.3 is 0 Å². The van der Waals surface area contributed by atoms with Crippen molar-refractivity contribution < 1.29 is 14.7 Å². The van der Waals surface area contributed by atoms with Crippen molar-refractivity contribution in [3.05, 3.63) is 104 Å². The molecule has 45 heavy (non-hydrogen) atoms. The Balaban J connectivity index is 1.25. The molecular weight excluding hydrogens is 670 g/mol. The summed E-state index contributed by atoms with van der Waals surface area (Å²) in [4.78, 5) is 28.1. The molecule has 2 aromatic heterocycles. The summed E-state index contributed by atoms with van der Waals surface area (Å²) in [6.07, 6.45) is 3.84. The number of anilines is 1. The quantitative estimate of drug-likeness (QED) is 0.137. The molecule has 1 aliphatic rings. The number of aryl methyl sites for hydroxylation is 3. The summed E-state index contributed by atoms with van der Waals surface area (Å²) in [7, 11) is 0. The zero-order valence-electron chi connectivity index (χ0n) is 24.9. The molecule has 0 fully saturated rings. The van der Waals surface area contributed by atoms with Gasteiger partial charge in [-0.05, 0) is 80.5 Å². The first-order valence-corrected chi connectivity index (χ1v) is 17.3. The van der Waals surface area contributed by atoms with E-state index >= 15 is 0 Å². The SMILES string of the molecule is Cc1ccc(-n2c(SCC(=O)Nc3sc4c(c3C(=O)NCc3ccccc3)CCCC4)nnc2-c2cc(Br)ccc2O)c(C)c1. The molecule has 3 aromatic carbocycles. The van der Waals surface area contributed by atoms with Gasteiger partial charge in [0, 0.05) is 15.9 Å². The van der Waals surface area contributed by atoms with Gasteiger partial charge in [0.15, 0.2) is 11.0 Å². The number of hydrogen-bond acceptors (Lipinski definition) is 7. The van der Waals surface area contributed by atoms with Crippen LogP contribution in [0.5, 0.6) is 5.75 Å². The number of halogens is 1. The lowest BCUT2D eigenvalue weighted by Gasteiger charge is -2.14. The molecular formula is C34H32BrN5O3S2. The minimum Gasteiger partial charge on any atom is -0.507 e. The summed E-state index contributed by atoms with van der Waals surface area (Å²) < 4.78 is 2.67. The number of fused-ring (bicyclic) bond motifs is 1. The molecule has 0 bridgehead atoms. The number of amides is 2. The summed E-state index contributed by atoms with van der Waals surface area (Å²) >= 11 is 6.25. The Bertz CT molecular complexity index is 1890. The lowest BCUT2D eigenvalue weighted by atomic mass is 9.95. The van der Waals surface area contributed by atoms with Crippen LogP contribution in [0.4, 0.5) is 5.00 Å². The van der Waals surface area contributed by atoms with E-state index in [0.29, 0.717) is 33.7 Å². The number of benzene rings is 3. The van der Waals surface area contributed by atoms with Gasteiger partial charge in [0.1, 0.15) is 10.8 Å². The molecule has 0 unspecified atom stereocenters. The normalized spacial score (nSPS) is 12.5. The fraction of sp³-hybridized carbons (Fsp3) is 0.235. The zero-order chi connectivity index (χ0) is 31.5. The van der Waals surface area contributed by atoms with Crippen LogP contribution < -0.4 is 10.6 Å². The fourth-order valence-corrected chi connectivity index (χ4v) is 7.96. The average Bonchev–Trinajstić information content (AvgIpc) is 3.61. The van der Waals surface area contributed by atoms with Gasteiger partial charge in [0.05, 0.1) is 22.6 Å². The molecule has 11 heteroatoms. The van der Waals surface area contributed by atoms with Crippen LogP contribution in [0.2, 0.25) is 0 Å². The number of phenolic OH excluding ortho intramolecular Hbond substituents is 1. The first-order chi connectivity index (χ1) is 21.8. The maximum atomic E-state index is 13.5. The van der Waals surface area contributed by atoms with Gasteiger partial charge in [-0.25, -0.2) is 0 Å². The standard InChI is InChI=1S/C34H32BrN5O3S2/c1-20-12-14-26(21(2)16-20)40-31(25-17-23(35)13-15-27(25)41)38-39-34(40)44-19-29(42)37-33-30(24-10-6-7-11-28(24)45-33)32(43)36-18-22-8-4-3-5-9-22/h3-5,8-9,12-17,41H,6-7,10-11,18-19H2,1-2H3,(H,36,43)(H,37,42). The van der Waals surface area contributed by atoms with Crippen molar-refractivity contribution in [2.75, 3.05) is 11.1 Å². The fourth-order valence-electron chi connectivity index (χ4n) is 5.55. The largest absolute Gasteiger partial charge is 0.507 e. The van der Waals surface area contributed by atoms with Crippen LogP contribution in [0.15, 0.2) is 76.4 Å². The summed E-state index contributed by atoms with van der Waals surface area (Å²) in [5.74, 6) is 0.186. The molecule has 0 aliphatic heterocycles. The van der Waals surface area contributed by atoms with Crippen molar-refractivity contribution in [2.24, 2.45) is 0 Å². The third-order valence-electron chi connectivity index (χ3n) is 7.71. The second-order valence-electron chi connectivity index (χ2n) is 11.0. The Labute approximate surface area is 278 Å². The van der Waals surface area contributed by atoms with E-state index in [1.807, 2.05) is 60.9 Å². The highest BCUT2D eigenvalue weighted by molar-refractivity contribution is 9.10. The molecule has 2 heterocycles. The maximum Gasteiger partial charge on any atom is 0.254 e. The van der Waals surface area contributed by atoms with E-state index in [1.165, 1.54) is 28.0 Å². The van der Waals surface area contributed by atoms with E-state index in [4.69, 9.17) is 0 Å². The number of phenols is 1. The van der Waals surface area contributed by atoms with Crippen LogP contribution in [0.3, 0.4) is 0 Å². The van der Waals surface area contributed by atoms with Crippen molar-refractivity contribution in [3.63, 3.8) is 0 Å². The Morgan fingerprint density at radius 1 is 1.02 bits per heavy atom. The summed E-state index contributed by atoms with van der Waals surface area (Å²) in [5, 5.41) is 26.8. The third kappa shape index (κ3) is 6.85. The number of carbonyl (C=O) groups excluding carboxylic acids is 2. The number of nitrogens with one attached hydrogen (secondary N) is 2. The van der Waals surface area contributed by atoms with Crippen LogP contribution in [0.25, 0.3) is 17.1 Å². The van der Waals surface area contributed by atoms with E-state index in [9.17, 15) is 14.7 Å². The van der Waals surface area contributed by atoms with E-state index in [-0.39, 0.29) is 23.3 Å². The molecule has 230 valence electrons. The van der Waals surface area contributed by atoms with Crippen LogP contribution in [0, 0.1) is 13.8 Å². The topological polar surface area (TPSA) is 109 Å². The second kappa shape index (κ2) is 13.6.